The van der Waals surface area contributed by atoms with E-state index in [1.165, 1.54) is 11.1 Å². The molecule has 0 aromatic carbocycles. The molecule has 2 saturated carbocycles. The summed E-state index contributed by atoms with van der Waals surface area (Å²) >= 11 is 0. The smallest absolute Gasteiger partial charge is 0.193 e. The van der Waals surface area contributed by atoms with Gasteiger partial charge in [0.2, 0.25) is 0 Å². The first-order valence-electron chi connectivity index (χ1n) is 9.14. The summed E-state index contributed by atoms with van der Waals surface area (Å²) in [4.78, 5) is 12.2. The van der Waals surface area contributed by atoms with Crippen LogP contribution < -0.4 is 0 Å². The molecule has 0 amide bonds. The lowest BCUT2D eigenvalue weighted by Crippen LogP contribution is -2.45. The fourth-order valence-corrected chi connectivity index (χ4v) is 6.08. The van der Waals surface area contributed by atoms with E-state index >= 15 is 0 Å². The van der Waals surface area contributed by atoms with E-state index < -0.39 is 0 Å². The molecule has 6 atom stereocenters. The van der Waals surface area contributed by atoms with Crippen LogP contribution in [0.3, 0.4) is 0 Å². The van der Waals surface area contributed by atoms with Gasteiger partial charge in [-0.15, -0.1) is 6.42 Å². The van der Waals surface area contributed by atoms with E-state index in [9.17, 15) is 9.90 Å². The van der Waals surface area contributed by atoms with E-state index in [-0.39, 0.29) is 22.7 Å². The number of terminal acetylenes is 1. The average Bonchev–Trinajstić information content (AvgIpc) is 2.78. The maximum Gasteiger partial charge on any atom is 0.193 e. The zero-order valence-electron chi connectivity index (χ0n) is 14.8. The maximum atomic E-state index is 12.2. The Morgan fingerprint density at radius 2 is 2.12 bits per heavy atom. The van der Waals surface area contributed by atoms with Crippen LogP contribution in [-0.2, 0) is 4.79 Å². The molecule has 126 valence electrons. The highest BCUT2D eigenvalue weighted by molar-refractivity contribution is 6.09. The van der Waals surface area contributed by atoms with Crippen LogP contribution in [0.2, 0.25) is 0 Å². The quantitative estimate of drug-likeness (QED) is 0.544. The van der Waals surface area contributed by atoms with Crippen LogP contribution in [0.5, 0.6) is 0 Å². The number of carbonyl (C=O) groups excluding carboxylic acids is 1. The number of hydrogen-bond donors (Lipinski definition) is 1. The zero-order valence-corrected chi connectivity index (χ0v) is 14.8. The number of aliphatic hydroxyl groups is 1. The molecule has 2 nitrogen and oxygen atoms in total. The summed E-state index contributed by atoms with van der Waals surface area (Å²) in [5.74, 6) is 3.94. The molecular weight excluding hydrogens is 296 g/mol. The van der Waals surface area contributed by atoms with Gasteiger partial charge >= 0.3 is 0 Å². The van der Waals surface area contributed by atoms with Gasteiger partial charge in [0.15, 0.2) is 5.78 Å². The molecule has 2 heteroatoms. The Hall–Kier alpha value is -1.59. The van der Waals surface area contributed by atoms with Crippen LogP contribution >= 0.6 is 0 Å². The van der Waals surface area contributed by atoms with Crippen LogP contribution in [0.25, 0.3) is 0 Å². The van der Waals surface area contributed by atoms with Crippen LogP contribution in [0.15, 0.2) is 34.9 Å². The van der Waals surface area contributed by atoms with E-state index in [2.05, 4.69) is 32.8 Å². The molecule has 4 aliphatic carbocycles. The molecule has 0 heterocycles. The van der Waals surface area contributed by atoms with Gasteiger partial charge in [-0.05, 0) is 56.4 Å². The molecule has 2 fully saturated rings. The Balaban J connectivity index is 1.80. The predicted octanol–water partition coefficient (Wildman–Crippen LogP) is 3.82. The fraction of sp³-hybridized carbons (Fsp3) is 0.591. The van der Waals surface area contributed by atoms with E-state index in [4.69, 9.17) is 6.42 Å². The number of aliphatic hydroxyl groups excluding tert-OH is 1. The first-order valence-corrected chi connectivity index (χ1v) is 9.14. The van der Waals surface area contributed by atoms with Crippen molar-refractivity contribution in [1.82, 2.24) is 0 Å². The summed E-state index contributed by atoms with van der Waals surface area (Å²) < 4.78 is 0. The number of fused-ring (bicyclic) bond motifs is 5. The second-order valence-electron chi connectivity index (χ2n) is 8.72. The van der Waals surface area contributed by atoms with E-state index in [1.807, 2.05) is 6.08 Å². The third-order valence-corrected chi connectivity index (χ3v) is 7.49. The molecule has 24 heavy (non-hydrogen) atoms. The number of carbonyl (C=O) groups is 1. The van der Waals surface area contributed by atoms with E-state index in [0.717, 1.165) is 25.7 Å². The third-order valence-electron chi connectivity index (χ3n) is 7.49. The van der Waals surface area contributed by atoms with Crippen molar-refractivity contribution in [2.45, 2.75) is 52.6 Å². The van der Waals surface area contributed by atoms with Crippen molar-refractivity contribution in [3.05, 3.63) is 34.9 Å². The van der Waals surface area contributed by atoms with Crippen molar-refractivity contribution in [2.24, 2.45) is 28.6 Å². The summed E-state index contributed by atoms with van der Waals surface area (Å²) in [6.07, 6.45) is 15.6. The van der Waals surface area contributed by atoms with Crippen molar-refractivity contribution in [1.29, 1.82) is 0 Å². The minimum Gasteiger partial charge on any atom is -0.392 e. The van der Waals surface area contributed by atoms with Crippen molar-refractivity contribution >= 4 is 5.78 Å². The second-order valence-corrected chi connectivity index (χ2v) is 8.72. The van der Waals surface area contributed by atoms with Gasteiger partial charge in [-0.3, -0.25) is 4.79 Å². The van der Waals surface area contributed by atoms with Gasteiger partial charge in [0.1, 0.15) is 0 Å². The standard InChI is InChI=1S/C22H26O2/c1-5-14-12-22(4)15(11-19(14)23)6-7-16-17(22)8-9-21(3)18(16)10-13(2)20(21)24/h1,8,11-13,16,18,20,24H,6-7,9-10H2,2-4H3/t13-,16+,18-,20-,21-,22-/m0/s1. The molecule has 0 bridgehead atoms. The van der Waals surface area contributed by atoms with Gasteiger partial charge in [-0.2, -0.15) is 0 Å². The monoisotopic (exact) mass is 322 g/mol. The van der Waals surface area contributed by atoms with Gasteiger partial charge < -0.3 is 5.11 Å². The Bertz CT molecular complexity index is 746. The van der Waals surface area contributed by atoms with Crippen molar-refractivity contribution in [2.75, 3.05) is 0 Å². The van der Waals surface area contributed by atoms with Gasteiger partial charge in [0, 0.05) is 10.8 Å². The normalized spacial score (nSPS) is 46.8. The summed E-state index contributed by atoms with van der Waals surface area (Å²) in [6, 6.07) is 0. The molecule has 4 aliphatic rings. The Labute approximate surface area is 144 Å². The Kier molecular flexibility index (Phi) is 3.29. The molecule has 4 rings (SSSR count). The summed E-state index contributed by atoms with van der Waals surface area (Å²) in [6.45, 7) is 6.66. The molecule has 0 radical (unpaired) electrons. The van der Waals surface area contributed by atoms with Crippen molar-refractivity contribution < 1.29 is 9.90 Å². The van der Waals surface area contributed by atoms with E-state index in [1.54, 1.807) is 6.08 Å². The number of rotatable bonds is 0. The Morgan fingerprint density at radius 1 is 1.38 bits per heavy atom. The van der Waals surface area contributed by atoms with Crippen molar-refractivity contribution in [3.8, 4) is 12.3 Å². The minimum atomic E-state index is -0.213. The summed E-state index contributed by atoms with van der Waals surface area (Å²) in [7, 11) is 0. The van der Waals surface area contributed by atoms with Gasteiger partial charge in [0.25, 0.3) is 0 Å². The second kappa shape index (κ2) is 4.96. The number of hydrogen-bond acceptors (Lipinski definition) is 2. The highest BCUT2D eigenvalue weighted by atomic mass is 16.3. The molecule has 0 aromatic heterocycles. The van der Waals surface area contributed by atoms with Gasteiger partial charge in [-0.25, -0.2) is 0 Å². The lowest BCUT2D eigenvalue weighted by molar-refractivity contribution is -0.111. The SMILES string of the molecule is C#CC1=C[C@@]2(C)C(=CC1=O)CC[C@@H]1C2=CC[C@]2(C)[C@@H](O)[C@@H](C)C[C@@H]12. The van der Waals surface area contributed by atoms with Crippen LogP contribution in [0, 0.1) is 40.9 Å². The Morgan fingerprint density at radius 3 is 2.83 bits per heavy atom. The molecule has 0 spiro atoms. The molecule has 0 saturated heterocycles. The minimum absolute atomic E-state index is 0.00565. The van der Waals surface area contributed by atoms with Crippen molar-refractivity contribution in [3.63, 3.8) is 0 Å². The summed E-state index contributed by atoms with van der Waals surface area (Å²) in [5.41, 5.74) is 2.93. The van der Waals surface area contributed by atoms with Crippen LogP contribution in [-0.4, -0.2) is 17.0 Å². The van der Waals surface area contributed by atoms with E-state index in [0.29, 0.717) is 23.3 Å². The van der Waals surface area contributed by atoms with Gasteiger partial charge in [0.05, 0.1) is 11.7 Å². The topological polar surface area (TPSA) is 37.3 Å². The molecule has 0 unspecified atom stereocenters. The van der Waals surface area contributed by atoms with Crippen LogP contribution in [0.4, 0.5) is 0 Å². The van der Waals surface area contributed by atoms with Gasteiger partial charge in [-0.1, -0.05) is 43.1 Å². The first-order chi connectivity index (χ1) is 11.3. The summed E-state index contributed by atoms with van der Waals surface area (Å²) in [5, 5.41) is 10.7. The zero-order chi connectivity index (χ0) is 17.3. The molecular formula is C22H26O2. The maximum absolute atomic E-state index is 12.2. The average molecular weight is 322 g/mol. The molecule has 0 aliphatic heterocycles. The predicted molar refractivity (Wildman–Crippen MR) is 94.9 cm³/mol. The fourth-order valence-electron chi connectivity index (χ4n) is 6.08. The first kappa shape index (κ1) is 15.9. The molecule has 0 aromatic rings. The van der Waals surface area contributed by atoms with Crippen LogP contribution in [0.1, 0.15) is 46.5 Å². The number of ketones is 1. The lowest BCUT2D eigenvalue weighted by Gasteiger charge is -2.52. The highest BCUT2D eigenvalue weighted by Crippen LogP contribution is 2.63. The molecule has 1 N–H and O–H groups in total. The largest absolute Gasteiger partial charge is 0.392 e. The lowest BCUT2D eigenvalue weighted by atomic mass is 9.52. The third kappa shape index (κ3) is 1.85. The highest BCUT2D eigenvalue weighted by Gasteiger charge is 2.57. The number of allylic oxidation sites excluding steroid dienone is 6.